The van der Waals surface area contributed by atoms with Crippen LogP contribution in [0.4, 0.5) is 5.95 Å². The van der Waals surface area contributed by atoms with E-state index in [4.69, 9.17) is 4.74 Å². The number of nitrogens with zero attached hydrogens (tertiary/aromatic N) is 2. The number of anilines is 1. The van der Waals surface area contributed by atoms with E-state index in [1.165, 1.54) is 0 Å². The van der Waals surface area contributed by atoms with Crippen LogP contribution in [-0.2, 0) is 0 Å². The first-order valence-corrected chi connectivity index (χ1v) is 6.97. The van der Waals surface area contributed by atoms with Crippen LogP contribution in [0, 0.1) is 6.92 Å². The zero-order valence-electron chi connectivity index (χ0n) is 11.6. The number of imidazole rings is 1. The van der Waals surface area contributed by atoms with Crippen molar-refractivity contribution in [1.82, 2.24) is 9.55 Å². The average molecular weight is 324 g/mol. The number of halogens is 1. The van der Waals surface area contributed by atoms with E-state index >= 15 is 0 Å². The van der Waals surface area contributed by atoms with Crippen LogP contribution >= 0.6 is 15.9 Å². The lowest BCUT2D eigenvalue weighted by Gasteiger charge is -2.14. The SMILES string of the molecule is COc1ccc(Br)c(-n2cc(C)nc2NC(C)C)c1. The molecule has 4 nitrogen and oxygen atoms in total. The van der Waals surface area contributed by atoms with E-state index in [1.807, 2.05) is 35.9 Å². The minimum Gasteiger partial charge on any atom is -0.497 e. The van der Waals surface area contributed by atoms with Crippen molar-refractivity contribution in [1.29, 1.82) is 0 Å². The molecule has 19 heavy (non-hydrogen) atoms. The van der Waals surface area contributed by atoms with Gasteiger partial charge in [0.05, 0.1) is 18.5 Å². The topological polar surface area (TPSA) is 39.1 Å². The van der Waals surface area contributed by atoms with Gasteiger partial charge in [-0.15, -0.1) is 0 Å². The monoisotopic (exact) mass is 323 g/mol. The average Bonchev–Trinajstić information content (AvgIpc) is 2.70. The summed E-state index contributed by atoms with van der Waals surface area (Å²) >= 11 is 3.57. The van der Waals surface area contributed by atoms with Crippen molar-refractivity contribution in [3.8, 4) is 11.4 Å². The minimum absolute atomic E-state index is 0.324. The van der Waals surface area contributed by atoms with Gasteiger partial charge in [-0.05, 0) is 48.8 Å². The lowest BCUT2D eigenvalue weighted by Crippen LogP contribution is -2.14. The molecule has 0 saturated heterocycles. The largest absolute Gasteiger partial charge is 0.497 e. The molecule has 1 N–H and O–H groups in total. The number of ether oxygens (including phenoxy) is 1. The second-order valence-corrected chi connectivity index (χ2v) is 5.55. The van der Waals surface area contributed by atoms with Gasteiger partial charge in [-0.1, -0.05) is 0 Å². The van der Waals surface area contributed by atoms with Gasteiger partial charge in [0.15, 0.2) is 0 Å². The van der Waals surface area contributed by atoms with E-state index in [0.717, 1.165) is 27.6 Å². The van der Waals surface area contributed by atoms with Gasteiger partial charge in [-0.25, -0.2) is 4.98 Å². The summed E-state index contributed by atoms with van der Waals surface area (Å²) in [6, 6.07) is 6.21. The molecule has 0 atom stereocenters. The maximum Gasteiger partial charge on any atom is 0.207 e. The molecule has 2 aromatic rings. The Bertz CT molecular complexity index is 578. The number of hydrogen-bond acceptors (Lipinski definition) is 3. The Hall–Kier alpha value is -1.49. The summed E-state index contributed by atoms with van der Waals surface area (Å²) in [4.78, 5) is 4.51. The summed E-state index contributed by atoms with van der Waals surface area (Å²) in [6.45, 7) is 6.17. The second-order valence-electron chi connectivity index (χ2n) is 4.69. The van der Waals surface area contributed by atoms with Gasteiger partial charge in [0.1, 0.15) is 5.75 Å². The normalized spacial score (nSPS) is 10.8. The van der Waals surface area contributed by atoms with E-state index in [9.17, 15) is 0 Å². The lowest BCUT2D eigenvalue weighted by atomic mass is 10.3. The van der Waals surface area contributed by atoms with Crippen molar-refractivity contribution >= 4 is 21.9 Å². The first-order chi connectivity index (χ1) is 9.01. The summed E-state index contributed by atoms with van der Waals surface area (Å²) in [5, 5.41) is 3.35. The van der Waals surface area contributed by atoms with Crippen molar-refractivity contribution < 1.29 is 4.74 Å². The number of methoxy groups -OCH3 is 1. The predicted octanol–water partition coefficient (Wildman–Crippen LogP) is 3.77. The summed E-state index contributed by atoms with van der Waals surface area (Å²) < 4.78 is 8.31. The zero-order chi connectivity index (χ0) is 14.0. The molecule has 1 heterocycles. The standard InChI is InChI=1S/C14H18BrN3O/c1-9(2)16-14-17-10(3)8-18(14)13-7-11(19-4)5-6-12(13)15/h5-9H,1-4H3,(H,16,17). The third-order valence-electron chi connectivity index (χ3n) is 2.66. The first kappa shape index (κ1) is 13.9. The Labute approximate surface area is 121 Å². The summed E-state index contributed by atoms with van der Waals surface area (Å²) in [7, 11) is 1.67. The summed E-state index contributed by atoms with van der Waals surface area (Å²) in [5.41, 5.74) is 1.97. The van der Waals surface area contributed by atoms with E-state index in [1.54, 1.807) is 7.11 Å². The van der Waals surface area contributed by atoms with Crippen molar-refractivity contribution in [2.24, 2.45) is 0 Å². The van der Waals surface area contributed by atoms with Crippen LogP contribution in [0.1, 0.15) is 19.5 Å². The molecule has 5 heteroatoms. The molecule has 0 radical (unpaired) electrons. The quantitative estimate of drug-likeness (QED) is 0.930. The molecule has 0 spiro atoms. The maximum atomic E-state index is 5.28. The molecule has 0 aliphatic carbocycles. The maximum absolute atomic E-state index is 5.28. The number of aryl methyl sites for hydroxylation is 1. The van der Waals surface area contributed by atoms with Crippen LogP contribution in [0.2, 0.25) is 0 Å². The van der Waals surface area contributed by atoms with E-state index in [-0.39, 0.29) is 0 Å². The van der Waals surface area contributed by atoms with Crippen LogP contribution in [0.15, 0.2) is 28.9 Å². The lowest BCUT2D eigenvalue weighted by molar-refractivity contribution is 0.414. The minimum atomic E-state index is 0.324. The molecule has 0 unspecified atom stereocenters. The van der Waals surface area contributed by atoms with E-state index in [2.05, 4.69) is 40.1 Å². The van der Waals surface area contributed by atoms with Gasteiger partial charge < -0.3 is 10.1 Å². The van der Waals surface area contributed by atoms with Crippen molar-refractivity contribution in [3.05, 3.63) is 34.6 Å². The van der Waals surface area contributed by atoms with Gasteiger partial charge in [0.25, 0.3) is 0 Å². The molecular weight excluding hydrogens is 306 g/mol. The van der Waals surface area contributed by atoms with Gasteiger partial charge in [0.2, 0.25) is 5.95 Å². The summed E-state index contributed by atoms with van der Waals surface area (Å²) in [6.07, 6.45) is 2.00. The second kappa shape index (κ2) is 5.65. The Morgan fingerprint density at radius 1 is 1.37 bits per heavy atom. The highest BCUT2D eigenvalue weighted by molar-refractivity contribution is 9.10. The molecule has 1 aromatic heterocycles. The number of rotatable bonds is 4. The smallest absolute Gasteiger partial charge is 0.207 e. The molecule has 2 rings (SSSR count). The Kier molecular flexibility index (Phi) is 4.14. The highest BCUT2D eigenvalue weighted by atomic mass is 79.9. The third-order valence-corrected chi connectivity index (χ3v) is 3.33. The van der Waals surface area contributed by atoms with Crippen LogP contribution in [-0.4, -0.2) is 22.7 Å². The van der Waals surface area contributed by atoms with Crippen molar-refractivity contribution in [3.63, 3.8) is 0 Å². The number of nitrogens with one attached hydrogen (secondary N) is 1. The molecule has 102 valence electrons. The number of benzene rings is 1. The molecule has 0 aliphatic rings. The molecule has 0 saturated carbocycles. The Balaban J connectivity index is 2.51. The Morgan fingerprint density at radius 2 is 2.11 bits per heavy atom. The fourth-order valence-corrected chi connectivity index (χ4v) is 2.28. The zero-order valence-corrected chi connectivity index (χ0v) is 13.2. The van der Waals surface area contributed by atoms with Crippen LogP contribution in [0.25, 0.3) is 5.69 Å². The number of aromatic nitrogens is 2. The first-order valence-electron chi connectivity index (χ1n) is 6.17. The third kappa shape index (κ3) is 3.10. The highest BCUT2D eigenvalue weighted by Gasteiger charge is 2.12. The van der Waals surface area contributed by atoms with Crippen LogP contribution < -0.4 is 10.1 Å². The van der Waals surface area contributed by atoms with Crippen molar-refractivity contribution in [2.45, 2.75) is 26.8 Å². The van der Waals surface area contributed by atoms with Gasteiger partial charge in [-0.3, -0.25) is 4.57 Å². The molecule has 0 bridgehead atoms. The fourth-order valence-electron chi connectivity index (χ4n) is 1.85. The Morgan fingerprint density at radius 3 is 2.74 bits per heavy atom. The molecular formula is C14H18BrN3O. The van der Waals surface area contributed by atoms with Crippen LogP contribution in [0.3, 0.4) is 0 Å². The van der Waals surface area contributed by atoms with Gasteiger partial charge >= 0.3 is 0 Å². The fraction of sp³-hybridized carbons (Fsp3) is 0.357. The molecule has 0 amide bonds. The highest BCUT2D eigenvalue weighted by Crippen LogP contribution is 2.28. The summed E-state index contributed by atoms with van der Waals surface area (Å²) in [5.74, 6) is 1.65. The molecule has 0 fully saturated rings. The van der Waals surface area contributed by atoms with Crippen molar-refractivity contribution in [2.75, 3.05) is 12.4 Å². The number of hydrogen-bond donors (Lipinski definition) is 1. The van der Waals surface area contributed by atoms with Gasteiger partial charge in [-0.2, -0.15) is 0 Å². The van der Waals surface area contributed by atoms with Crippen LogP contribution in [0.5, 0.6) is 5.75 Å². The van der Waals surface area contributed by atoms with E-state index < -0.39 is 0 Å². The van der Waals surface area contributed by atoms with E-state index in [0.29, 0.717) is 6.04 Å². The molecule has 1 aromatic carbocycles. The predicted molar refractivity (Wildman–Crippen MR) is 81.3 cm³/mol. The van der Waals surface area contributed by atoms with Gasteiger partial charge in [0, 0.05) is 22.8 Å². The molecule has 0 aliphatic heterocycles.